The summed E-state index contributed by atoms with van der Waals surface area (Å²) in [7, 11) is 1.91. The molecule has 4 heterocycles. The van der Waals surface area contributed by atoms with Crippen LogP contribution in [0.5, 0.6) is 5.75 Å². The number of fused-ring (bicyclic) bond motifs is 1. The Bertz CT molecular complexity index is 1180. The van der Waals surface area contributed by atoms with Crippen LogP contribution >= 0.6 is 0 Å². The van der Waals surface area contributed by atoms with Gasteiger partial charge in [0.25, 0.3) is 0 Å². The van der Waals surface area contributed by atoms with Crippen LogP contribution in [-0.2, 0) is 6.18 Å². The van der Waals surface area contributed by atoms with E-state index in [2.05, 4.69) is 20.3 Å². The van der Waals surface area contributed by atoms with Crippen molar-refractivity contribution in [3.63, 3.8) is 0 Å². The number of aromatic nitrogens is 3. The van der Waals surface area contributed by atoms with E-state index in [0.29, 0.717) is 55.7 Å². The van der Waals surface area contributed by atoms with Gasteiger partial charge in [0.05, 0.1) is 12.2 Å². The lowest BCUT2D eigenvalue weighted by Crippen LogP contribution is -2.40. The number of nitrogens with zero attached hydrogens (tertiary/aromatic N) is 5. The summed E-state index contributed by atoms with van der Waals surface area (Å²) in [6, 6.07) is 8.98. The number of anilines is 3. The van der Waals surface area contributed by atoms with Crippen molar-refractivity contribution in [3.05, 3.63) is 65.9 Å². The van der Waals surface area contributed by atoms with Gasteiger partial charge in [0.15, 0.2) is 11.6 Å². The highest BCUT2D eigenvalue weighted by Gasteiger charge is 2.33. The van der Waals surface area contributed by atoms with Gasteiger partial charge in [-0.25, -0.2) is 9.37 Å². The fourth-order valence-corrected chi connectivity index (χ4v) is 4.45. The third-order valence-corrected chi connectivity index (χ3v) is 6.42. The molecule has 35 heavy (non-hydrogen) atoms. The van der Waals surface area contributed by atoms with Gasteiger partial charge >= 0.3 is 6.18 Å². The molecule has 0 aliphatic carbocycles. The summed E-state index contributed by atoms with van der Waals surface area (Å²) in [4.78, 5) is 16.4. The van der Waals surface area contributed by atoms with Crippen molar-refractivity contribution in [2.75, 3.05) is 41.9 Å². The van der Waals surface area contributed by atoms with Crippen LogP contribution in [0.1, 0.15) is 30.1 Å². The minimum Gasteiger partial charge on any atom is -0.486 e. The summed E-state index contributed by atoms with van der Waals surface area (Å²) in [6.07, 6.45) is -0.205. The molecule has 1 fully saturated rings. The maximum absolute atomic E-state index is 13.3. The second-order valence-electron chi connectivity index (χ2n) is 8.67. The van der Waals surface area contributed by atoms with Gasteiger partial charge in [-0.05, 0) is 42.7 Å². The van der Waals surface area contributed by atoms with Crippen molar-refractivity contribution in [1.29, 1.82) is 0 Å². The van der Waals surface area contributed by atoms with Crippen LogP contribution < -0.4 is 19.9 Å². The van der Waals surface area contributed by atoms with E-state index in [1.54, 1.807) is 24.4 Å². The zero-order chi connectivity index (χ0) is 24.6. The Morgan fingerprint density at radius 2 is 1.80 bits per heavy atom. The Balaban J connectivity index is 1.24. The average molecular weight is 488 g/mol. The van der Waals surface area contributed by atoms with Crippen molar-refractivity contribution < 1.29 is 22.3 Å². The number of hydrogen-bond donors (Lipinski definition) is 1. The number of likely N-dealkylation sites (N-methyl/N-ethyl adjacent to an activating group) is 1. The van der Waals surface area contributed by atoms with Gasteiger partial charge in [-0.3, -0.25) is 4.98 Å². The van der Waals surface area contributed by atoms with E-state index in [4.69, 9.17) is 4.74 Å². The molecule has 0 spiro atoms. The molecule has 0 amide bonds. The number of alkyl halides is 3. The van der Waals surface area contributed by atoms with Crippen LogP contribution in [0.2, 0.25) is 0 Å². The Hall–Kier alpha value is -3.63. The van der Waals surface area contributed by atoms with Crippen LogP contribution in [0.4, 0.5) is 35.0 Å². The van der Waals surface area contributed by atoms with Crippen LogP contribution in [0, 0.1) is 5.82 Å². The van der Waals surface area contributed by atoms with Gasteiger partial charge in [-0.1, -0.05) is 12.1 Å². The number of hydrogen-bond acceptors (Lipinski definition) is 7. The molecule has 0 saturated carbocycles. The summed E-state index contributed by atoms with van der Waals surface area (Å²) >= 11 is 0. The predicted molar refractivity (Wildman–Crippen MR) is 123 cm³/mol. The molecule has 1 aromatic carbocycles. The SMILES string of the molecule is CN1c2nc(NC3CCN(c4ccnc(C(F)(F)F)c4)CC3)ncc2OCC1c1ccc(F)cc1. The van der Waals surface area contributed by atoms with Gasteiger partial charge in [-0.2, -0.15) is 18.2 Å². The maximum atomic E-state index is 13.3. The number of halogens is 4. The molecule has 1 N–H and O–H groups in total. The number of piperidine rings is 1. The Kier molecular flexibility index (Phi) is 6.08. The highest BCUT2D eigenvalue weighted by Crippen LogP contribution is 2.37. The first kappa shape index (κ1) is 23.1. The summed E-state index contributed by atoms with van der Waals surface area (Å²) in [5.41, 5.74) is 0.550. The molecule has 11 heteroatoms. The standard InChI is InChI=1S/C24H24F4N6O/c1-33-19(15-2-4-16(25)5-3-15)14-35-20-13-30-23(32-22(20)33)31-17-7-10-34(11-8-17)18-6-9-29-21(12-18)24(26,27)28/h2-6,9,12-13,17,19H,7-8,10-11,14H2,1H3,(H,30,31,32). The summed E-state index contributed by atoms with van der Waals surface area (Å²) in [5.74, 6) is 1.38. The van der Waals surface area contributed by atoms with Gasteiger partial charge in [0.1, 0.15) is 18.1 Å². The summed E-state index contributed by atoms with van der Waals surface area (Å²) < 4.78 is 58.2. The van der Waals surface area contributed by atoms with E-state index in [1.807, 2.05) is 16.8 Å². The van der Waals surface area contributed by atoms with Gasteiger partial charge in [0, 0.05) is 38.1 Å². The van der Waals surface area contributed by atoms with Crippen LogP contribution in [-0.4, -0.2) is 47.7 Å². The molecule has 184 valence electrons. The molecule has 0 radical (unpaired) electrons. The molecular formula is C24H24F4N6O. The summed E-state index contributed by atoms with van der Waals surface area (Å²) in [6.45, 7) is 1.59. The monoisotopic (exact) mass is 488 g/mol. The van der Waals surface area contributed by atoms with Crippen molar-refractivity contribution >= 4 is 17.5 Å². The quantitative estimate of drug-likeness (QED) is 0.535. The van der Waals surface area contributed by atoms with Crippen LogP contribution in [0.3, 0.4) is 0 Å². The highest BCUT2D eigenvalue weighted by molar-refractivity contribution is 5.57. The Labute approximate surface area is 199 Å². The molecule has 2 aromatic heterocycles. The number of pyridine rings is 1. The summed E-state index contributed by atoms with van der Waals surface area (Å²) in [5, 5.41) is 3.35. The fraction of sp³-hybridized carbons (Fsp3) is 0.375. The molecule has 7 nitrogen and oxygen atoms in total. The van der Waals surface area contributed by atoms with E-state index >= 15 is 0 Å². The fourth-order valence-electron chi connectivity index (χ4n) is 4.45. The number of nitrogens with one attached hydrogen (secondary N) is 1. The van der Waals surface area contributed by atoms with Crippen molar-refractivity contribution in [1.82, 2.24) is 15.0 Å². The Morgan fingerprint density at radius 1 is 1.06 bits per heavy atom. The molecule has 2 aliphatic rings. The third-order valence-electron chi connectivity index (χ3n) is 6.42. The molecule has 1 atom stereocenters. The maximum Gasteiger partial charge on any atom is 0.433 e. The average Bonchev–Trinajstić information content (AvgIpc) is 2.85. The van der Waals surface area contributed by atoms with Crippen molar-refractivity contribution in [2.24, 2.45) is 0 Å². The zero-order valence-corrected chi connectivity index (χ0v) is 19.0. The van der Waals surface area contributed by atoms with Gasteiger partial charge in [0.2, 0.25) is 5.95 Å². The van der Waals surface area contributed by atoms with Crippen molar-refractivity contribution in [3.8, 4) is 5.75 Å². The number of benzene rings is 1. The predicted octanol–water partition coefficient (Wildman–Crippen LogP) is 4.68. The largest absolute Gasteiger partial charge is 0.486 e. The number of ether oxygens (including phenoxy) is 1. The topological polar surface area (TPSA) is 66.4 Å². The first-order valence-electron chi connectivity index (χ1n) is 11.3. The van der Waals surface area contributed by atoms with E-state index in [-0.39, 0.29) is 17.9 Å². The van der Waals surface area contributed by atoms with E-state index in [1.165, 1.54) is 18.3 Å². The smallest absolute Gasteiger partial charge is 0.433 e. The lowest BCUT2D eigenvalue weighted by molar-refractivity contribution is -0.141. The highest BCUT2D eigenvalue weighted by atomic mass is 19.4. The molecular weight excluding hydrogens is 464 g/mol. The Morgan fingerprint density at radius 3 is 2.51 bits per heavy atom. The number of rotatable bonds is 4. The minimum atomic E-state index is -4.47. The van der Waals surface area contributed by atoms with E-state index in [9.17, 15) is 17.6 Å². The zero-order valence-electron chi connectivity index (χ0n) is 19.0. The lowest BCUT2D eigenvalue weighted by Gasteiger charge is -2.36. The van der Waals surface area contributed by atoms with Crippen LogP contribution in [0.25, 0.3) is 0 Å². The minimum absolute atomic E-state index is 0.0796. The molecule has 1 unspecified atom stereocenters. The third kappa shape index (κ3) is 4.94. The lowest BCUT2D eigenvalue weighted by atomic mass is 10.0. The van der Waals surface area contributed by atoms with Gasteiger partial charge in [-0.15, -0.1) is 0 Å². The molecule has 5 rings (SSSR count). The van der Waals surface area contributed by atoms with Gasteiger partial charge < -0.3 is 19.9 Å². The normalized spacial score (nSPS) is 18.7. The van der Waals surface area contributed by atoms with Crippen molar-refractivity contribution in [2.45, 2.75) is 31.1 Å². The van der Waals surface area contributed by atoms with Crippen LogP contribution in [0.15, 0.2) is 48.8 Å². The molecule has 2 aliphatic heterocycles. The molecule has 1 saturated heterocycles. The second-order valence-corrected chi connectivity index (χ2v) is 8.67. The molecule has 0 bridgehead atoms. The second kappa shape index (κ2) is 9.20. The first-order valence-corrected chi connectivity index (χ1v) is 11.3. The molecule has 3 aromatic rings. The van der Waals surface area contributed by atoms with E-state index < -0.39 is 11.9 Å². The van der Waals surface area contributed by atoms with E-state index in [0.717, 1.165) is 11.6 Å². The first-order chi connectivity index (χ1) is 16.8.